The van der Waals surface area contributed by atoms with Gasteiger partial charge in [0, 0.05) is 30.3 Å². The Bertz CT molecular complexity index is 1310. The van der Waals surface area contributed by atoms with Crippen LogP contribution in [0.25, 0.3) is 0 Å². The summed E-state index contributed by atoms with van der Waals surface area (Å²) in [5.41, 5.74) is 4.67. The summed E-state index contributed by atoms with van der Waals surface area (Å²) in [5.74, 6) is -0.350. The molecule has 6 nitrogen and oxygen atoms in total. The summed E-state index contributed by atoms with van der Waals surface area (Å²) in [7, 11) is -3.96. The lowest BCUT2D eigenvalue weighted by molar-refractivity contribution is -0.119. The summed E-state index contributed by atoms with van der Waals surface area (Å²) in [6.45, 7) is 5.64. The zero-order chi connectivity index (χ0) is 25.0. The lowest BCUT2D eigenvalue weighted by Gasteiger charge is -2.26. The number of benzene rings is 3. The maximum Gasteiger partial charge on any atom is 0.264 e. The Hall–Kier alpha value is -3.03. The first-order valence-corrected chi connectivity index (χ1v) is 13.5. The lowest BCUT2D eigenvalue weighted by atomic mass is 10.2. The van der Waals surface area contributed by atoms with E-state index in [4.69, 9.17) is 11.6 Å². The van der Waals surface area contributed by atoms with Crippen molar-refractivity contribution in [1.82, 2.24) is 5.32 Å². The Kier molecular flexibility index (Phi) is 7.67. The molecule has 0 aliphatic carbocycles. The van der Waals surface area contributed by atoms with Crippen molar-refractivity contribution in [1.29, 1.82) is 0 Å². The summed E-state index contributed by atoms with van der Waals surface area (Å²) in [5, 5.41) is 3.40. The summed E-state index contributed by atoms with van der Waals surface area (Å²) in [6.07, 6.45) is 1.81. The number of para-hydroxylation sites is 1. The van der Waals surface area contributed by atoms with Crippen LogP contribution in [0.4, 0.5) is 11.4 Å². The smallest absolute Gasteiger partial charge is 0.264 e. The van der Waals surface area contributed by atoms with Gasteiger partial charge in [-0.15, -0.1) is 0 Å². The highest BCUT2D eigenvalue weighted by Crippen LogP contribution is 2.29. The zero-order valence-electron chi connectivity index (χ0n) is 20.0. The van der Waals surface area contributed by atoms with Gasteiger partial charge in [-0.1, -0.05) is 47.5 Å². The van der Waals surface area contributed by atoms with Gasteiger partial charge in [0.1, 0.15) is 6.54 Å². The molecule has 3 aromatic carbocycles. The van der Waals surface area contributed by atoms with Crippen LogP contribution in [-0.2, 0) is 21.2 Å². The molecule has 0 saturated carbocycles. The van der Waals surface area contributed by atoms with Crippen molar-refractivity contribution >= 4 is 38.9 Å². The fourth-order valence-electron chi connectivity index (χ4n) is 4.36. The molecular formula is C27H30ClN3O3S. The molecule has 1 N–H and O–H groups in total. The minimum absolute atomic E-state index is 0.137. The van der Waals surface area contributed by atoms with Gasteiger partial charge in [0.2, 0.25) is 5.91 Å². The van der Waals surface area contributed by atoms with Crippen molar-refractivity contribution in [2.75, 3.05) is 35.4 Å². The van der Waals surface area contributed by atoms with Gasteiger partial charge in [0.15, 0.2) is 0 Å². The number of halogens is 1. The molecule has 35 heavy (non-hydrogen) atoms. The van der Waals surface area contributed by atoms with Crippen molar-refractivity contribution in [2.24, 2.45) is 0 Å². The second-order valence-corrected chi connectivity index (χ2v) is 11.1. The third kappa shape index (κ3) is 5.80. The van der Waals surface area contributed by atoms with Crippen molar-refractivity contribution < 1.29 is 13.2 Å². The molecule has 1 heterocycles. The largest absolute Gasteiger partial charge is 0.371 e. The monoisotopic (exact) mass is 511 g/mol. The number of aryl methyl sites for hydroxylation is 2. The van der Waals surface area contributed by atoms with E-state index < -0.39 is 10.0 Å². The van der Waals surface area contributed by atoms with Crippen LogP contribution in [0.2, 0.25) is 5.02 Å². The van der Waals surface area contributed by atoms with Gasteiger partial charge >= 0.3 is 0 Å². The highest BCUT2D eigenvalue weighted by Gasteiger charge is 2.28. The zero-order valence-corrected chi connectivity index (χ0v) is 21.6. The maximum absolute atomic E-state index is 13.5. The number of fused-ring (bicyclic) bond motifs is 1. The molecule has 0 spiro atoms. The number of rotatable bonds is 9. The van der Waals surface area contributed by atoms with Crippen LogP contribution in [0.3, 0.4) is 0 Å². The molecule has 4 rings (SSSR count). The van der Waals surface area contributed by atoms with E-state index in [2.05, 4.69) is 28.4 Å². The normalized spacial score (nSPS) is 12.9. The highest BCUT2D eigenvalue weighted by molar-refractivity contribution is 7.92. The van der Waals surface area contributed by atoms with Gasteiger partial charge in [-0.2, -0.15) is 0 Å². The van der Waals surface area contributed by atoms with Gasteiger partial charge in [-0.25, -0.2) is 8.42 Å². The average molecular weight is 512 g/mol. The topological polar surface area (TPSA) is 69.7 Å². The summed E-state index contributed by atoms with van der Waals surface area (Å²) < 4.78 is 28.2. The van der Waals surface area contributed by atoms with Crippen LogP contribution in [0, 0.1) is 13.8 Å². The molecule has 3 aromatic rings. The van der Waals surface area contributed by atoms with Crippen LogP contribution in [0.15, 0.2) is 71.6 Å². The van der Waals surface area contributed by atoms with Crippen molar-refractivity contribution in [3.05, 3.63) is 88.4 Å². The predicted octanol–water partition coefficient (Wildman–Crippen LogP) is 4.72. The summed E-state index contributed by atoms with van der Waals surface area (Å²) in [6, 6.07) is 20.0. The molecule has 184 valence electrons. The van der Waals surface area contributed by atoms with Crippen molar-refractivity contribution in [3.63, 3.8) is 0 Å². The van der Waals surface area contributed by atoms with Crippen LogP contribution < -0.4 is 14.5 Å². The van der Waals surface area contributed by atoms with Gasteiger partial charge in [-0.05, 0) is 74.2 Å². The number of nitrogens with zero attached hydrogens (tertiary/aromatic N) is 2. The molecule has 1 amide bonds. The standard InChI is InChI=1S/C27H30ClN3O3S/c1-20-8-11-24(12-9-20)35(33,34)31(25-13-10-23(28)18-21(25)2)19-27(32)29-15-5-16-30-17-14-22-6-3-4-7-26(22)30/h3-4,6-13,18H,5,14-17,19H2,1-2H3,(H,29,32). The number of sulfonamides is 1. The fraction of sp³-hybridized carbons (Fsp3) is 0.296. The van der Waals surface area contributed by atoms with Gasteiger partial charge in [-0.3, -0.25) is 9.10 Å². The van der Waals surface area contributed by atoms with Gasteiger partial charge < -0.3 is 10.2 Å². The number of anilines is 2. The lowest BCUT2D eigenvalue weighted by Crippen LogP contribution is -2.41. The average Bonchev–Trinajstić information content (AvgIpc) is 3.24. The SMILES string of the molecule is Cc1ccc(S(=O)(=O)N(CC(=O)NCCCN2CCc3ccccc32)c2ccc(Cl)cc2C)cc1. The van der Waals surface area contributed by atoms with Gasteiger partial charge in [0.05, 0.1) is 10.6 Å². The second kappa shape index (κ2) is 10.7. The van der Waals surface area contributed by atoms with Crippen LogP contribution in [0.5, 0.6) is 0 Å². The minimum atomic E-state index is -3.96. The Morgan fingerprint density at radius 3 is 2.54 bits per heavy atom. The maximum atomic E-state index is 13.5. The number of carbonyl (C=O) groups is 1. The first kappa shape index (κ1) is 25.1. The Labute approximate surface area is 212 Å². The summed E-state index contributed by atoms with van der Waals surface area (Å²) >= 11 is 6.09. The number of amides is 1. The molecule has 0 fully saturated rings. The molecule has 1 aliphatic heterocycles. The van der Waals surface area contributed by atoms with E-state index in [1.807, 2.05) is 13.0 Å². The molecule has 0 unspecified atom stereocenters. The van der Waals surface area contributed by atoms with E-state index in [9.17, 15) is 13.2 Å². The first-order chi connectivity index (χ1) is 16.8. The van der Waals surface area contributed by atoms with E-state index >= 15 is 0 Å². The molecule has 8 heteroatoms. The third-order valence-electron chi connectivity index (χ3n) is 6.23. The van der Waals surface area contributed by atoms with Crippen molar-refractivity contribution in [2.45, 2.75) is 31.6 Å². The van der Waals surface area contributed by atoms with Crippen LogP contribution in [-0.4, -0.2) is 40.5 Å². The van der Waals surface area contributed by atoms with E-state index in [0.29, 0.717) is 22.8 Å². The Balaban J connectivity index is 1.44. The number of carbonyl (C=O) groups excluding carboxylic acids is 1. The highest BCUT2D eigenvalue weighted by atomic mass is 35.5. The molecule has 1 aliphatic rings. The number of nitrogens with one attached hydrogen (secondary N) is 1. The molecule has 0 saturated heterocycles. The molecule has 0 atom stereocenters. The predicted molar refractivity (Wildman–Crippen MR) is 142 cm³/mol. The molecule has 0 bridgehead atoms. The molecule has 0 aromatic heterocycles. The Morgan fingerprint density at radius 2 is 1.80 bits per heavy atom. The van der Waals surface area contributed by atoms with E-state index in [-0.39, 0.29) is 17.3 Å². The second-order valence-electron chi connectivity index (χ2n) is 8.82. The van der Waals surface area contributed by atoms with E-state index in [0.717, 1.165) is 35.8 Å². The number of hydrogen-bond acceptors (Lipinski definition) is 4. The fourth-order valence-corrected chi connectivity index (χ4v) is 6.07. The first-order valence-electron chi connectivity index (χ1n) is 11.7. The van der Waals surface area contributed by atoms with E-state index in [1.165, 1.54) is 11.3 Å². The molecular weight excluding hydrogens is 482 g/mol. The van der Waals surface area contributed by atoms with Crippen molar-refractivity contribution in [3.8, 4) is 0 Å². The Morgan fingerprint density at radius 1 is 1.06 bits per heavy atom. The number of hydrogen-bond donors (Lipinski definition) is 1. The minimum Gasteiger partial charge on any atom is -0.371 e. The quantitative estimate of drug-likeness (QED) is 0.422. The van der Waals surface area contributed by atoms with Crippen LogP contribution in [0.1, 0.15) is 23.1 Å². The van der Waals surface area contributed by atoms with E-state index in [1.54, 1.807) is 49.4 Å². The van der Waals surface area contributed by atoms with Crippen LogP contribution >= 0.6 is 11.6 Å². The summed E-state index contributed by atoms with van der Waals surface area (Å²) in [4.78, 5) is 15.3. The third-order valence-corrected chi connectivity index (χ3v) is 8.24. The molecule has 0 radical (unpaired) electrons. The van der Waals surface area contributed by atoms with Gasteiger partial charge in [0.25, 0.3) is 10.0 Å².